The predicted octanol–water partition coefficient (Wildman–Crippen LogP) is 4.20. The van der Waals surface area contributed by atoms with E-state index in [1.807, 2.05) is 0 Å². The molecule has 1 saturated heterocycles. The van der Waals surface area contributed by atoms with Gasteiger partial charge >= 0.3 is 0 Å². The van der Waals surface area contributed by atoms with Crippen LogP contribution in [0.25, 0.3) is 11.0 Å². The predicted molar refractivity (Wildman–Crippen MR) is 125 cm³/mol. The van der Waals surface area contributed by atoms with Gasteiger partial charge in [0.2, 0.25) is 11.5 Å². The van der Waals surface area contributed by atoms with E-state index in [9.17, 15) is 9.59 Å². The van der Waals surface area contributed by atoms with E-state index in [1.165, 1.54) is 21.3 Å². The average Bonchev–Trinajstić information content (AvgIpc) is 3.46. The highest BCUT2D eigenvalue weighted by molar-refractivity contribution is 6.31. The van der Waals surface area contributed by atoms with Crippen LogP contribution in [-0.4, -0.2) is 51.4 Å². The van der Waals surface area contributed by atoms with Gasteiger partial charge in [-0.15, -0.1) is 0 Å². The van der Waals surface area contributed by atoms with E-state index in [0.29, 0.717) is 52.0 Å². The van der Waals surface area contributed by atoms with Crippen molar-refractivity contribution < 1.29 is 28.2 Å². The number of halogens is 1. The smallest absolute Gasteiger partial charge is 0.291 e. The summed E-state index contributed by atoms with van der Waals surface area (Å²) in [4.78, 5) is 28.9. The van der Waals surface area contributed by atoms with Crippen LogP contribution in [0.15, 0.2) is 39.5 Å². The maximum atomic E-state index is 13.7. The summed E-state index contributed by atoms with van der Waals surface area (Å²) >= 11 is 6.16. The normalized spacial score (nSPS) is 19.5. The van der Waals surface area contributed by atoms with Crippen LogP contribution in [0, 0.1) is 0 Å². The molecular weight excluding hydrogens is 462 g/mol. The van der Waals surface area contributed by atoms with Crippen molar-refractivity contribution in [2.45, 2.75) is 25.0 Å². The zero-order valence-corrected chi connectivity index (χ0v) is 19.8. The third-order valence-electron chi connectivity index (χ3n) is 6.35. The summed E-state index contributed by atoms with van der Waals surface area (Å²) in [5.74, 6) is 0.919. The second-order valence-electron chi connectivity index (χ2n) is 8.27. The Labute approximate surface area is 200 Å². The van der Waals surface area contributed by atoms with Crippen molar-refractivity contribution in [3.8, 4) is 17.2 Å². The van der Waals surface area contributed by atoms with Crippen molar-refractivity contribution in [3.63, 3.8) is 0 Å². The topological polar surface area (TPSA) is 87.4 Å². The fourth-order valence-corrected chi connectivity index (χ4v) is 4.97. The first kappa shape index (κ1) is 22.6. The molecule has 0 bridgehead atoms. The number of carbonyl (C=O) groups is 1. The molecule has 0 aliphatic carbocycles. The van der Waals surface area contributed by atoms with Crippen LogP contribution in [0.5, 0.6) is 17.2 Å². The van der Waals surface area contributed by atoms with E-state index < -0.39 is 6.04 Å². The number of carbonyl (C=O) groups excluding carboxylic acids is 1. The van der Waals surface area contributed by atoms with Crippen molar-refractivity contribution in [1.29, 1.82) is 0 Å². The lowest BCUT2D eigenvalue weighted by Crippen LogP contribution is -2.36. The zero-order valence-electron chi connectivity index (χ0n) is 19.1. The average molecular weight is 486 g/mol. The number of hydrogen-bond acceptors (Lipinski definition) is 7. The SMILES string of the molecule is COc1cc([C@@H]2c3c(oc4ccc(Cl)cc4c3=O)C(=O)N2C[C@H]2CCCO2)cc(OC)c1OC. The minimum absolute atomic E-state index is 0.0246. The highest BCUT2D eigenvalue weighted by Gasteiger charge is 2.44. The monoisotopic (exact) mass is 485 g/mol. The Hall–Kier alpha value is -3.23. The maximum absolute atomic E-state index is 13.7. The molecule has 0 saturated carbocycles. The molecular formula is C25H24ClNO7. The molecule has 2 aliphatic rings. The summed E-state index contributed by atoms with van der Waals surface area (Å²) in [5, 5.41) is 0.722. The molecule has 0 unspecified atom stereocenters. The van der Waals surface area contributed by atoms with Gasteiger partial charge in [0.15, 0.2) is 16.9 Å². The van der Waals surface area contributed by atoms with Gasteiger partial charge in [0, 0.05) is 18.2 Å². The molecule has 34 heavy (non-hydrogen) atoms. The van der Waals surface area contributed by atoms with Crippen LogP contribution in [0.1, 0.15) is 40.6 Å². The van der Waals surface area contributed by atoms with Gasteiger partial charge in [0.05, 0.1) is 44.4 Å². The van der Waals surface area contributed by atoms with Crippen LogP contribution in [0.3, 0.4) is 0 Å². The van der Waals surface area contributed by atoms with Crippen LogP contribution in [0.4, 0.5) is 0 Å². The van der Waals surface area contributed by atoms with Gasteiger partial charge in [-0.25, -0.2) is 0 Å². The fraction of sp³-hybridized carbons (Fsp3) is 0.360. The van der Waals surface area contributed by atoms with Crippen LogP contribution in [0.2, 0.25) is 5.02 Å². The molecule has 8 nitrogen and oxygen atoms in total. The third-order valence-corrected chi connectivity index (χ3v) is 6.59. The van der Waals surface area contributed by atoms with E-state index in [2.05, 4.69) is 0 Å². The summed E-state index contributed by atoms with van der Waals surface area (Å²) in [7, 11) is 4.55. The summed E-state index contributed by atoms with van der Waals surface area (Å²) in [6.45, 7) is 0.967. The fourth-order valence-electron chi connectivity index (χ4n) is 4.79. The number of rotatable bonds is 6. The molecule has 0 N–H and O–H groups in total. The molecule has 0 radical (unpaired) electrons. The Balaban J connectivity index is 1.75. The number of fused-ring (bicyclic) bond motifs is 2. The Morgan fingerprint density at radius 3 is 2.41 bits per heavy atom. The summed E-state index contributed by atoms with van der Waals surface area (Å²) in [6, 6.07) is 7.56. The molecule has 1 amide bonds. The molecule has 2 atom stereocenters. The molecule has 2 aliphatic heterocycles. The van der Waals surface area contributed by atoms with Crippen molar-refractivity contribution >= 4 is 28.5 Å². The van der Waals surface area contributed by atoms with E-state index >= 15 is 0 Å². The van der Waals surface area contributed by atoms with Crippen molar-refractivity contribution in [2.75, 3.05) is 34.5 Å². The minimum Gasteiger partial charge on any atom is -0.493 e. The lowest BCUT2D eigenvalue weighted by molar-refractivity contribution is 0.0486. The molecule has 178 valence electrons. The Kier molecular flexibility index (Phi) is 5.87. The lowest BCUT2D eigenvalue weighted by Gasteiger charge is -2.28. The Morgan fingerprint density at radius 2 is 1.79 bits per heavy atom. The van der Waals surface area contributed by atoms with Crippen LogP contribution in [-0.2, 0) is 4.74 Å². The lowest BCUT2D eigenvalue weighted by atomic mass is 9.97. The van der Waals surface area contributed by atoms with Gasteiger partial charge in [0.1, 0.15) is 5.58 Å². The van der Waals surface area contributed by atoms with Gasteiger partial charge in [0.25, 0.3) is 5.91 Å². The van der Waals surface area contributed by atoms with Gasteiger partial charge in [-0.2, -0.15) is 0 Å². The van der Waals surface area contributed by atoms with Gasteiger partial charge in [-0.1, -0.05) is 11.6 Å². The van der Waals surface area contributed by atoms with Gasteiger partial charge < -0.3 is 28.3 Å². The number of amides is 1. The summed E-state index contributed by atoms with van der Waals surface area (Å²) < 4.78 is 28.3. The standard InChI is InChI=1S/C25H24ClNO7/c1-30-18-9-13(10-19(31-2)23(18)32-3)21-20-22(28)16-11-14(26)6-7-17(16)34-24(20)25(29)27(21)12-15-5-4-8-33-15/h6-7,9-11,15,21H,4-5,8,12H2,1-3H3/t15-,21-/m1/s1. The molecule has 9 heteroatoms. The van der Waals surface area contributed by atoms with E-state index in [4.69, 9.17) is 35.0 Å². The molecule has 0 spiro atoms. The quantitative estimate of drug-likeness (QED) is 0.517. The number of ether oxygens (including phenoxy) is 4. The van der Waals surface area contributed by atoms with Crippen molar-refractivity contribution in [3.05, 3.63) is 62.5 Å². The van der Waals surface area contributed by atoms with E-state index in [-0.39, 0.29) is 28.8 Å². The first-order valence-corrected chi connectivity index (χ1v) is 11.3. The van der Waals surface area contributed by atoms with E-state index in [0.717, 1.165) is 12.8 Å². The Bertz CT molecular complexity index is 1300. The summed E-state index contributed by atoms with van der Waals surface area (Å²) in [6.07, 6.45) is 1.64. The largest absolute Gasteiger partial charge is 0.493 e. The summed E-state index contributed by atoms with van der Waals surface area (Å²) in [5.41, 5.74) is 0.894. The zero-order chi connectivity index (χ0) is 24.0. The first-order chi connectivity index (χ1) is 16.5. The van der Waals surface area contributed by atoms with Gasteiger partial charge in [-0.3, -0.25) is 9.59 Å². The minimum atomic E-state index is -0.722. The highest BCUT2D eigenvalue weighted by atomic mass is 35.5. The van der Waals surface area contributed by atoms with E-state index in [1.54, 1.807) is 35.2 Å². The number of hydrogen-bond donors (Lipinski definition) is 0. The van der Waals surface area contributed by atoms with Crippen molar-refractivity contribution in [1.82, 2.24) is 4.90 Å². The number of methoxy groups -OCH3 is 3. The van der Waals surface area contributed by atoms with Crippen LogP contribution < -0.4 is 19.6 Å². The number of benzene rings is 2. The second kappa shape index (κ2) is 8.85. The maximum Gasteiger partial charge on any atom is 0.291 e. The number of nitrogens with zero attached hydrogens (tertiary/aromatic N) is 1. The Morgan fingerprint density at radius 1 is 1.06 bits per heavy atom. The molecule has 2 aromatic carbocycles. The molecule has 3 heterocycles. The first-order valence-electron chi connectivity index (χ1n) is 11.0. The van der Waals surface area contributed by atoms with Crippen LogP contribution >= 0.6 is 11.6 Å². The molecule has 1 fully saturated rings. The van der Waals surface area contributed by atoms with Crippen molar-refractivity contribution in [2.24, 2.45) is 0 Å². The molecule has 3 aromatic rings. The third kappa shape index (κ3) is 3.58. The highest BCUT2D eigenvalue weighted by Crippen LogP contribution is 2.45. The van der Waals surface area contributed by atoms with Gasteiger partial charge in [-0.05, 0) is 48.7 Å². The molecule has 1 aromatic heterocycles. The molecule has 5 rings (SSSR count). The second-order valence-corrected chi connectivity index (χ2v) is 8.70.